The summed E-state index contributed by atoms with van der Waals surface area (Å²) in [4.78, 5) is 12.5. The van der Waals surface area contributed by atoms with Gasteiger partial charge in [0.15, 0.2) is 0 Å². The van der Waals surface area contributed by atoms with E-state index in [2.05, 4.69) is 50.5 Å². The third-order valence-electron chi connectivity index (χ3n) is 1.77. The smallest absolute Gasteiger partial charge is 0.193 e. The molecule has 0 fully saturated rings. The van der Waals surface area contributed by atoms with Crippen molar-refractivity contribution in [1.82, 2.24) is 15.0 Å². The Balaban J connectivity index is 3.19. The van der Waals surface area contributed by atoms with Crippen molar-refractivity contribution in [3.8, 4) is 35.5 Å². The van der Waals surface area contributed by atoms with Crippen LogP contribution in [0.5, 0.6) is 0 Å². The Labute approximate surface area is 108 Å². The molecule has 0 aromatic carbocycles. The van der Waals surface area contributed by atoms with E-state index in [-0.39, 0.29) is 0 Å². The molecule has 1 aromatic heterocycles. The first kappa shape index (κ1) is 13.8. The maximum atomic E-state index is 4.18. The molecule has 3 nitrogen and oxygen atoms in total. The van der Waals surface area contributed by atoms with Crippen molar-refractivity contribution in [2.75, 3.05) is 0 Å². The molecule has 0 saturated carbocycles. The van der Waals surface area contributed by atoms with Gasteiger partial charge in [0.05, 0.1) is 0 Å². The van der Waals surface area contributed by atoms with Gasteiger partial charge in [0.25, 0.3) is 0 Å². The highest BCUT2D eigenvalue weighted by Crippen LogP contribution is 1.94. The zero-order valence-corrected chi connectivity index (χ0v) is 11.0. The SMILES string of the molecule is CCC#Cc1nc(C#CCC)nc(C#CCC)n1. The Hall–Kier alpha value is -2.31. The molecule has 0 aliphatic rings. The van der Waals surface area contributed by atoms with Gasteiger partial charge in [0.2, 0.25) is 17.5 Å². The van der Waals surface area contributed by atoms with Gasteiger partial charge in [-0.05, 0) is 17.8 Å². The summed E-state index contributed by atoms with van der Waals surface area (Å²) in [5.41, 5.74) is 0. The number of rotatable bonds is 0. The predicted molar refractivity (Wildman–Crippen MR) is 71.3 cm³/mol. The van der Waals surface area contributed by atoms with Crippen molar-refractivity contribution >= 4 is 0 Å². The average Bonchev–Trinajstić information content (AvgIpc) is 2.40. The summed E-state index contributed by atoms with van der Waals surface area (Å²) in [5, 5.41) is 0. The van der Waals surface area contributed by atoms with E-state index in [1.165, 1.54) is 0 Å². The van der Waals surface area contributed by atoms with Crippen molar-refractivity contribution in [1.29, 1.82) is 0 Å². The molecule has 1 heterocycles. The lowest BCUT2D eigenvalue weighted by atomic mass is 10.4. The monoisotopic (exact) mass is 237 g/mol. The molecule has 0 N–H and O–H groups in total. The largest absolute Gasteiger partial charge is 0.210 e. The Morgan fingerprint density at radius 1 is 0.611 bits per heavy atom. The average molecular weight is 237 g/mol. The third kappa shape index (κ3) is 4.69. The highest BCUT2D eigenvalue weighted by Gasteiger charge is 2.00. The van der Waals surface area contributed by atoms with E-state index in [1.54, 1.807) is 0 Å². The van der Waals surface area contributed by atoms with Gasteiger partial charge in [-0.15, -0.1) is 0 Å². The van der Waals surface area contributed by atoms with Gasteiger partial charge in [-0.2, -0.15) is 15.0 Å². The Bertz CT molecular complexity index is 485. The summed E-state index contributed by atoms with van der Waals surface area (Å²) in [5.74, 6) is 18.7. The molecule has 0 saturated heterocycles. The Kier molecular flexibility index (Phi) is 6.02. The normalized spacial score (nSPS) is 8.17. The van der Waals surface area contributed by atoms with Crippen LogP contribution in [0.25, 0.3) is 0 Å². The van der Waals surface area contributed by atoms with Gasteiger partial charge in [-0.3, -0.25) is 0 Å². The lowest BCUT2D eigenvalue weighted by Gasteiger charge is -1.94. The van der Waals surface area contributed by atoms with Crippen LogP contribution in [-0.4, -0.2) is 15.0 Å². The van der Waals surface area contributed by atoms with E-state index in [0.29, 0.717) is 17.5 Å². The fourth-order valence-electron chi connectivity index (χ4n) is 1.05. The van der Waals surface area contributed by atoms with Crippen LogP contribution in [0.15, 0.2) is 0 Å². The summed E-state index contributed by atoms with van der Waals surface area (Å²) in [7, 11) is 0. The van der Waals surface area contributed by atoms with E-state index in [0.717, 1.165) is 19.3 Å². The lowest BCUT2D eigenvalue weighted by molar-refractivity contribution is 0.974. The minimum atomic E-state index is 0.438. The zero-order chi connectivity index (χ0) is 13.2. The van der Waals surface area contributed by atoms with E-state index in [1.807, 2.05) is 20.8 Å². The molecular weight excluding hydrogens is 222 g/mol. The van der Waals surface area contributed by atoms with E-state index in [9.17, 15) is 0 Å². The molecule has 0 bridgehead atoms. The van der Waals surface area contributed by atoms with Gasteiger partial charge < -0.3 is 0 Å². The summed E-state index contributed by atoms with van der Waals surface area (Å²) >= 11 is 0. The first-order valence-electron chi connectivity index (χ1n) is 6.02. The highest BCUT2D eigenvalue weighted by molar-refractivity contribution is 5.31. The molecule has 18 heavy (non-hydrogen) atoms. The van der Waals surface area contributed by atoms with Crippen molar-refractivity contribution < 1.29 is 0 Å². The molecular formula is C15H15N3. The summed E-state index contributed by atoms with van der Waals surface area (Å²) < 4.78 is 0. The Morgan fingerprint density at radius 2 is 0.889 bits per heavy atom. The maximum absolute atomic E-state index is 4.18. The number of hydrogen-bond acceptors (Lipinski definition) is 3. The third-order valence-corrected chi connectivity index (χ3v) is 1.77. The molecule has 0 aliphatic heterocycles. The molecule has 0 aliphatic carbocycles. The van der Waals surface area contributed by atoms with E-state index >= 15 is 0 Å². The summed E-state index contributed by atoms with van der Waals surface area (Å²) in [6, 6.07) is 0. The van der Waals surface area contributed by atoms with Crippen LogP contribution in [0.4, 0.5) is 0 Å². The van der Waals surface area contributed by atoms with Gasteiger partial charge in [-0.1, -0.05) is 38.5 Å². The second kappa shape index (κ2) is 7.88. The Morgan fingerprint density at radius 3 is 1.11 bits per heavy atom. The number of nitrogens with zero attached hydrogens (tertiary/aromatic N) is 3. The van der Waals surface area contributed by atoms with Crippen molar-refractivity contribution in [2.45, 2.75) is 40.0 Å². The van der Waals surface area contributed by atoms with Gasteiger partial charge in [-0.25, -0.2) is 0 Å². The van der Waals surface area contributed by atoms with Crippen LogP contribution in [0.2, 0.25) is 0 Å². The molecule has 1 rings (SSSR count). The molecule has 90 valence electrons. The second-order valence-electron chi connectivity index (χ2n) is 3.27. The quantitative estimate of drug-likeness (QED) is 0.649. The van der Waals surface area contributed by atoms with Crippen LogP contribution in [0.3, 0.4) is 0 Å². The fraction of sp³-hybridized carbons (Fsp3) is 0.400. The van der Waals surface area contributed by atoms with Gasteiger partial charge in [0, 0.05) is 19.3 Å². The first-order valence-corrected chi connectivity index (χ1v) is 6.02. The summed E-state index contributed by atoms with van der Waals surface area (Å²) in [6.07, 6.45) is 2.28. The topological polar surface area (TPSA) is 38.7 Å². The first-order chi connectivity index (χ1) is 8.80. The van der Waals surface area contributed by atoms with Crippen molar-refractivity contribution in [3.63, 3.8) is 0 Å². The molecule has 0 atom stereocenters. The number of hydrogen-bond donors (Lipinski definition) is 0. The van der Waals surface area contributed by atoms with E-state index < -0.39 is 0 Å². The fourth-order valence-corrected chi connectivity index (χ4v) is 1.05. The van der Waals surface area contributed by atoms with Crippen LogP contribution in [-0.2, 0) is 0 Å². The highest BCUT2D eigenvalue weighted by atomic mass is 15.0. The predicted octanol–water partition coefficient (Wildman–Crippen LogP) is 2.16. The van der Waals surface area contributed by atoms with Crippen molar-refractivity contribution in [3.05, 3.63) is 17.5 Å². The molecule has 0 spiro atoms. The van der Waals surface area contributed by atoms with Crippen LogP contribution in [0, 0.1) is 35.5 Å². The molecule has 0 unspecified atom stereocenters. The second-order valence-corrected chi connectivity index (χ2v) is 3.27. The molecule has 1 aromatic rings. The minimum absolute atomic E-state index is 0.438. The summed E-state index contributed by atoms with van der Waals surface area (Å²) in [6.45, 7) is 5.93. The number of aromatic nitrogens is 3. The van der Waals surface area contributed by atoms with E-state index in [4.69, 9.17) is 0 Å². The lowest BCUT2D eigenvalue weighted by Crippen LogP contribution is -2.01. The standard InChI is InChI=1S/C15H15N3/c1-4-7-10-13-16-14(11-8-5-2)18-15(17-13)12-9-6-3/h4-6H2,1-3H3. The maximum Gasteiger partial charge on any atom is 0.210 e. The van der Waals surface area contributed by atoms with Crippen LogP contribution < -0.4 is 0 Å². The molecule has 3 heteroatoms. The van der Waals surface area contributed by atoms with Gasteiger partial charge in [0.1, 0.15) is 0 Å². The zero-order valence-electron chi connectivity index (χ0n) is 11.0. The molecule has 0 amide bonds. The van der Waals surface area contributed by atoms with Crippen molar-refractivity contribution in [2.24, 2.45) is 0 Å². The molecule has 0 radical (unpaired) electrons. The van der Waals surface area contributed by atoms with Crippen LogP contribution >= 0.6 is 0 Å². The minimum Gasteiger partial charge on any atom is -0.193 e. The van der Waals surface area contributed by atoms with Crippen LogP contribution in [0.1, 0.15) is 57.5 Å². The van der Waals surface area contributed by atoms with Gasteiger partial charge >= 0.3 is 0 Å².